The molecule has 0 saturated carbocycles. The Balaban J connectivity index is 1.48. The van der Waals surface area contributed by atoms with Crippen molar-refractivity contribution < 1.29 is 13.9 Å². The number of morpholine rings is 1. The Kier molecular flexibility index (Phi) is 6.42. The van der Waals surface area contributed by atoms with Crippen LogP contribution in [0.25, 0.3) is 22.0 Å². The Labute approximate surface area is 203 Å². The number of benzene rings is 3. The lowest BCUT2D eigenvalue weighted by Gasteiger charge is -2.29. The van der Waals surface area contributed by atoms with Crippen LogP contribution in [0.15, 0.2) is 66.7 Å². The molecule has 3 aromatic carbocycles. The van der Waals surface area contributed by atoms with Gasteiger partial charge in [-0.05, 0) is 66.1 Å². The van der Waals surface area contributed by atoms with Crippen LogP contribution in [0.3, 0.4) is 0 Å². The smallest absolute Gasteiger partial charge is 0.255 e. The summed E-state index contributed by atoms with van der Waals surface area (Å²) in [7, 11) is 0. The van der Waals surface area contributed by atoms with Crippen LogP contribution < -0.4 is 10.2 Å². The van der Waals surface area contributed by atoms with Crippen molar-refractivity contribution in [2.24, 2.45) is 0 Å². The molecule has 1 unspecified atom stereocenters. The van der Waals surface area contributed by atoms with Crippen LogP contribution in [0.4, 0.5) is 10.2 Å². The second-order valence-electron chi connectivity index (χ2n) is 8.89. The first-order chi connectivity index (χ1) is 17.0. The fourth-order valence-electron chi connectivity index (χ4n) is 4.42. The van der Waals surface area contributed by atoms with Crippen LogP contribution in [-0.4, -0.2) is 42.4 Å². The molecular weight excluding hydrogens is 443 g/mol. The van der Waals surface area contributed by atoms with Crippen LogP contribution in [0.1, 0.15) is 34.5 Å². The van der Waals surface area contributed by atoms with Gasteiger partial charge in [0, 0.05) is 18.7 Å². The number of nitrogens with zero attached hydrogens (tertiary/aromatic N) is 3. The minimum Gasteiger partial charge on any atom is -0.378 e. The normalized spacial score (nSPS) is 14.7. The quantitative estimate of drug-likeness (QED) is 0.441. The molecule has 1 saturated heterocycles. The summed E-state index contributed by atoms with van der Waals surface area (Å²) in [5.41, 5.74) is 3.22. The van der Waals surface area contributed by atoms with E-state index >= 15 is 0 Å². The molecule has 35 heavy (non-hydrogen) atoms. The zero-order valence-electron chi connectivity index (χ0n) is 19.8. The summed E-state index contributed by atoms with van der Waals surface area (Å²) in [6, 6.07) is 20.5. The van der Waals surface area contributed by atoms with Gasteiger partial charge in [0.05, 0.1) is 30.5 Å². The number of amides is 1. The molecule has 1 atom stereocenters. The summed E-state index contributed by atoms with van der Waals surface area (Å²) in [6.07, 6.45) is 0. The molecule has 1 aromatic heterocycles. The fourth-order valence-corrected chi connectivity index (χ4v) is 4.42. The Morgan fingerprint density at radius 2 is 1.77 bits per heavy atom. The van der Waals surface area contributed by atoms with Gasteiger partial charge in [0.15, 0.2) is 5.82 Å². The minimum absolute atomic E-state index is 0.224. The Bertz CT molecular complexity index is 1360. The molecule has 1 aliphatic rings. The van der Waals surface area contributed by atoms with Gasteiger partial charge < -0.3 is 15.0 Å². The molecule has 1 fully saturated rings. The van der Waals surface area contributed by atoms with Crippen molar-refractivity contribution in [2.75, 3.05) is 31.2 Å². The number of fused-ring (bicyclic) bond motifs is 1. The number of rotatable bonds is 5. The van der Waals surface area contributed by atoms with Gasteiger partial charge in [0.25, 0.3) is 5.91 Å². The monoisotopic (exact) mass is 470 g/mol. The predicted octanol–water partition coefficient (Wildman–Crippen LogP) is 5.07. The second kappa shape index (κ2) is 9.80. The van der Waals surface area contributed by atoms with Crippen molar-refractivity contribution in [1.29, 1.82) is 0 Å². The number of hydrogen-bond acceptors (Lipinski definition) is 5. The van der Waals surface area contributed by atoms with Crippen molar-refractivity contribution in [3.63, 3.8) is 0 Å². The van der Waals surface area contributed by atoms with Crippen molar-refractivity contribution in [3.05, 3.63) is 89.2 Å². The maximum atomic E-state index is 14.1. The first kappa shape index (κ1) is 22.9. The van der Waals surface area contributed by atoms with E-state index in [0.29, 0.717) is 48.9 Å². The lowest BCUT2D eigenvalue weighted by Crippen LogP contribution is -2.39. The zero-order chi connectivity index (χ0) is 24.4. The third-order valence-electron chi connectivity index (χ3n) is 6.29. The maximum Gasteiger partial charge on any atom is 0.255 e. The van der Waals surface area contributed by atoms with Crippen molar-refractivity contribution >= 4 is 22.5 Å². The van der Waals surface area contributed by atoms with Gasteiger partial charge in [-0.1, -0.05) is 36.4 Å². The standard InChI is InChI=1S/C28H27FN4O2/c1-18-13-23(16-24(29)14-18)26-17-25(27(32-31-26)33-9-11-35-12-10-33)28(34)30-19(2)21-8-7-20-5-3-4-6-22(20)15-21/h3-8,13-17,19H,9-12H2,1-2H3,(H,30,34). The van der Waals surface area contributed by atoms with E-state index in [0.717, 1.165) is 21.9 Å². The summed E-state index contributed by atoms with van der Waals surface area (Å²) in [5, 5.41) is 14.1. The van der Waals surface area contributed by atoms with E-state index in [1.54, 1.807) is 6.07 Å². The number of anilines is 1. The van der Waals surface area contributed by atoms with Crippen LogP contribution >= 0.6 is 0 Å². The molecule has 1 aliphatic heterocycles. The number of nitrogens with one attached hydrogen (secondary N) is 1. The number of carbonyl (C=O) groups excluding carboxylic acids is 1. The highest BCUT2D eigenvalue weighted by atomic mass is 19.1. The third-order valence-corrected chi connectivity index (χ3v) is 6.29. The van der Waals surface area contributed by atoms with Crippen LogP contribution in [-0.2, 0) is 4.74 Å². The summed E-state index contributed by atoms with van der Waals surface area (Å²) >= 11 is 0. The molecule has 0 spiro atoms. The van der Waals surface area contributed by atoms with Crippen molar-refractivity contribution in [2.45, 2.75) is 19.9 Å². The van der Waals surface area contributed by atoms with Crippen LogP contribution in [0.5, 0.6) is 0 Å². The van der Waals surface area contributed by atoms with Gasteiger partial charge in [-0.2, -0.15) is 0 Å². The summed E-state index contributed by atoms with van der Waals surface area (Å²) in [6.45, 7) is 6.13. The highest BCUT2D eigenvalue weighted by Gasteiger charge is 2.24. The number of aromatic nitrogens is 2. The molecule has 2 heterocycles. The minimum atomic E-state index is -0.352. The lowest BCUT2D eigenvalue weighted by molar-refractivity contribution is 0.0937. The third kappa shape index (κ3) is 5.00. The molecule has 0 radical (unpaired) electrons. The van der Waals surface area contributed by atoms with Gasteiger partial charge in [-0.3, -0.25) is 4.79 Å². The van der Waals surface area contributed by atoms with E-state index in [1.807, 2.05) is 43.0 Å². The SMILES string of the molecule is Cc1cc(F)cc(-c2cc(C(=O)NC(C)c3ccc4ccccc4c3)c(N3CCOCC3)nn2)c1. The number of carbonyl (C=O) groups is 1. The molecule has 4 aromatic rings. The molecule has 7 heteroatoms. The van der Waals surface area contributed by atoms with E-state index in [2.05, 4.69) is 39.8 Å². The molecule has 1 N–H and O–H groups in total. The summed E-state index contributed by atoms with van der Waals surface area (Å²) < 4.78 is 19.5. The highest BCUT2D eigenvalue weighted by Crippen LogP contribution is 2.27. The van der Waals surface area contributed by atoms with Crippen LogP contribution in [0.2, 0.25) is 0 Å². The van der Waals surface area contributed by atoms with E-state index in [1.165, 1.54) is 12.1 Å². The average Bonchev–Trinajstić information content (AvgIpc) is 2.88. The van der Waals surface area contributed by atoms with E-state index < -0.39 is 0 Å². The van der Waals surface area contributed by atoms with E-state index in [9.17, 15) is 9.18 Å². The number of ether oxygens (including phenoxy) is 1. The van der Waals surface area contributed by atoms with E-state index in [-0.39, 0.29) is 17.8 Å². The molecular formula is C28H27FN4O2. The van der Waals surface area contributed by atoms with Crippen LogP contribution in [0, 0.1) is 12.7 Å². The van der Waals surface area contributed by atoms with Gasteiger partial charge in [-0.15, -0.1) is 10.2 Å². The maximum absolute atomic E-state index is 14.1. The average molecular weight is 471 g/mol. The molecule has 6 nitrogen and oxygen atoms in total. The van der Waals surface area contributed by atoms with Gasteiger partial charge >= 0.3 is 0 Å². The van der Waals surface area contributed by atoms with Gasteiger partial charge in [0.1, 0.15) is 5.82 Å². The summed E-state index contributed by atoms with van der Waals surface area (Å²) in [5.74, 6) is -0.0974. The number of halogens is 1. The molecule has 0 aliphatic carbocycles. The first-order valence-electron chi connectivity index (χ1n) is 11.8. The Hall–Kier alpha value is -3.84. The van der Waals surface area contributed by atoms with Gasteiger partial charge in [-0.25, -0.2) is 4.39 Å². The van der Waals surface area contributed by atoms with E-state index in [4.69, 9.17) is 4.74 Å². The summed E-state index contributed by atoms with van der Waals surface area (Å²) in [4.78, 5) is 15.6. The van der Waals surface area contributed by atoms with Crippen molar-refractivity contribution in [3.8, 4) is 11.3 Å². The zero-order valence-corrected chi connectivity index (χ0v) is 19.8. The Morgan fingerprint density at radius 1 is 1.00 bits per heavy atom. The van der Waals surface area contributed by atoms with Crippen molar-refractivity contribution in [1.82, 2.24) is 15.5 Å². The first-order valence-corrected chi connectivity index (χ1v) is 11.8. The molecule has 1 amide bonds. The Morgan fingerprint density at radius 3 is 2.54 bits per heavy atom. The topological polar surface area (TPSA) is 67.4 Å². The lowest BCUT2D eigenvalue weighted by atomic mass is 10.0. The second-order valence-corrected chi connectivity index (χ2v) is 8.89. The number of aryl methyl sites for hydroxylation is 1. The highest BCUT2D eigenvalue weighted by molar-refractivity contribution is 6.00. The fraction of sp³-hybridized carbons (Fsp3) is 0.250. The molecule has 5 rings (SSSR count). The molecule has 178 valence electrons. The largest absolute Gasteiger partial charge is 0.378 e. The molecule has 0 bridgehead atoms. The predicted molar refractivity (Wildman–Crippen MR) is 135 cm³/mol. The van der Waals surface area contributed by atoms with Gasteiger partial charge in [0.2, 0.25) is 0 Å². The number of hydrogen-bond donors (Lipinski definition) is 1.